The van der Waals surface area contributed by atoms with Crippen LogP contribution in [0.4, 0.5) is 0 Å². The number of amides is 1. The maximum Gasteiger partial charge on any atom is 0.209 e. The second kappa shape index (κ2) is 4.32. The first-order chi connectivity index (χ1) is 4.20. The van der Waals surface area contributed by atoms with E-state index in [-0.39, 0.29) is 0 Å². The van der Waals surface area contributed by atoms with Gasteiger partial charge in [-0.25, -0.2) is 0 Å². The first-order valence-corrected chi connectivity index (χ1v) is 3.06. The molecular weight excluding hydrogens is 116 g/mol. The molecule has 1 unspecified atom stereocenters. The summed E-state index contributed by atoms with van der Waals surface area (Å²) < 4.78 is 0. The van der Waals surface area contributed by atoms with Gasteiger partial charge in [0, 0.05) is 13.6 Å². The van der Waals surface area contributed by atoms with Crippen molar-refractivity contribution in [2.75, 3.05) is 20.1 Å². The van der Waals surface area contributed by atoms with Crippen LogP contribution in [0.3, 0.4) is 0 Å². The molecule has 0 heterocycles. The van der Waals surface area contributed by atoms with E-state index in [9.17, 15) is 4.79 Å². The predicted molar refractivity (Wildman–Crippen MR) is 36.9 cm³/mol. The van der Waals surface area contributed by atoms with Crippen molar-refractivity contribution in [1.82, 2.24) is 4.90 Å². The lowest BCUT2D eigenvalue weighted by atomic mass is 10.2. The molecule has 0 saturated carbocycles. The van der Waals surface area contributed by atoms with Gasteiger partial charge in [0.15, 0.2) is 0 Å². The number of nitrogens with zero attached hydrogens (tertiary/aromatic N) is 1. The van der Waals surface area contributed by atoms with Gasteiger partial charge in [0.2, 0.25) is 6.41 Å². The highest BCUT2D eigenvalue weighted by atomic mass is 16.1. The topological polar surface area (TPSA) is 46.3 Å². The van der Waals surface area contributed by atoms with E-state index in [2.05, 4.69) is 0 Å². The molecule has 9 heavy (non-hydrogen) atoms. The number of carbonyl (C=O) groups excluding carboxylic acids is 1. The van der Waals surface area contributed by atoms with Crippen LogP contribution in [0.5, 0.6) is 0 Å². The van der Waals surface area contributed by atoms with Crippen molar-refractivity contribution >= 4 is 6.41 Å². The number of hydrogen-bond donors (Lipinski definition) is 1. The Kier molecular flexibility index (Phi) is 4.05. The third-order valence-electron chi connectivity index (χ3n) is 1.18. The summed E-state index contributed by atoms with van der Waals surface area (Å²) in [5.74, 6) is 0.403. The molecule has 2 N–H and O–H groups in total. The normalized spacial score (nSPS) is 12.8. The molecule has 0 spiro atoms. The molecule has 0 aliphatic heterocycles. The Bertz CT molecular complexity index is 85.1. The highest BCUT2D eigenvalue weighted by Gasteiger charge is 2.00. The molecule has 1 amide bonds. The summed E-state index contributed by atoms with van der Waals surface area (Å²) in [6, 6.07) is 0. The third-order valence-corrected chi connectivity index (χ3v) is 1.18. The summed E-state index contributed by atoms with van der Waals surface area (Å²) in [6.07, 6.45) is 0.812. The van der Waals surface area contributed by atoms with E-state index < -0.39 is 0 Å². The van der Waals surface area contributed by atoms with Crippen molar-refractivity contribution in [1.29, 1.82) is 0 Å². The number of rotatable bonds is 4. The molecule has 0 aromatic carbocycles. The standard InChI is InChI=1S/C6H14N2O/c1-6(3-7)4-8(2)5-9/h5-6H,3-4,7H2,1-2H3. The lowest BCUT2D eigenvalue weighted by Crippen LogP contribution is -2.27. The summed E-state index contributed by atoms with van der Waals surface area (Å²) in [4.78, 5) is 11.6. The zero-order valence-corrected chi connectivity index (χ0v) is 6.00. The number of nitrogens with two attached hydrogens (primary N) is 1. The van der Waals surface area contributed by atoms with Gasteiger partial charge in [-0.2, -0.15) is 0 Å². The fraction of sp³-hybridized carbons (Fsp3) is 0.833. The Morgan fingerprint density at radius 1 is 1.78 bits per heavy atom. The summed E-state index contributed by atoms with van der Waals surface area (Å²) in [7, 11) is 1.75. The van der Waals surface area contributed by atoms with E-state index >= 15 is 0 Å². The number of hydrogen-bond acceptors (Lipinski definition) is 2. The van der Waals surface area contributed by atoms with Crippen LogP contribution < -0.4 is 5.73 Å². The van der Waals surface area contributed by atoms with Gasteiger partial charge < -0.3 is 10.6 Å². The number of carbonyl (C=O) groups is 1. The van der Waals surface area contributed by atoms with E-state index in [0.29, 0.717) is 12.5 Å². The lowest BCUT2D eigenvalue weighted by Gasteiger charge is -2.14. The van der Waals surface area contributed by atoms with Crippen molar-refractivity contribution < 1.29 is 4.79 Å². The summed E-state index contributed by atoms with van der Waals surface area (Å²) in [5, 5.41) is 0. The molecule has 0 fully saturated rings. The second-order valence-corrected chi connectivity index (χ2v) is 2.39. The van der Waals surface area contributed by atoms with Crippen LogP contribution in [0.25, 0.3) is 0 Å². The molecule has 0 aliphatic rings. The molecule has 0 aliphatic carbocycles. The van der Waals surface area contributed by atoms with E-state index in [0.717, 1.165) is 13.0 Å². The van der Waals surface area contributed by atoms with Crippen LogP contribution in [0, 0.1) is 5.92 Å². The monoisotopic (exact) mass is 130 g/mol. The molecule has 0 aromatic heterocycles. The van der Waals surface area contributed by atoms with Gasteiger partial charge in [0.05, 0.1) is 0 Å². The fourth-order valence-electron chi connectivity index (χ4n) is 0.609. The predicted octanol–water partition coefficient (Wildman–Crippen LogP) is -0.331. The van der Waals surface area contributed by atoms with E-state index in [1.165, 1.54) is 0 Å². The van der Waals surface area contributed by atoms with Crippen LogP contribution in [-0.2, 0) is 4.79 Å². The van der Waals surface area contributed by atoms with Crippen molar-refractivity contribution in [3.05, 3.63) is 0 Å². The van der Waals surface area contributed by atoms with Crippen molar-refractivity contribution in [2.24, 2.45) is 11.7 Å². The summed E-state index contributed by atoms with van der Waals surface area (Å²) in [5.41, 5.74) is 5.33. The van der Waals surface area contributed by atoms with E-state index in [1.54, 1.807) is 11.9 Å². The first kappa shape index (κ1) is 8.43. The Hall–Kier alpha value is -0.570. The maximum absolute atomic E-state index is 10.0. The lowest BCUT2D eigenvalue weighted by molar-refractivity contribution is -0.117. The molecule has 0 radical (unpaired) electrons. The first-order valence-electron chi connectivity index (χ1n) is 3.06. The molecule has 1 atom stereocenters. The summed E-state index contributed by atoms with van der Waals surface area (Å²) >= 11 is 0. The van der Waals surface area contributed by atoms with Crippen LogP contribution >= 0.6 is 0 Å². The molecule has 0 rings (SSSR count). The third kappa shape index (κ3) is 3.97. The van der Waals surface area contributed by atoms with Crippen LogP contribution in [0.15, 0.2) is 0 Å². The maximum atomic E-state index is 10.0. The van der Waals surface area contributed by atoms with Gasteiger partial charge in [0.1, 0.15) is 0 Å². The minimum atomic E-state index is 0.403. The Labute approximate surface area is 55.8 Å². The van der Waals surface area contributed by atoms with Gasteiger partial charge in [-0.3, -0.25) is 4.79 Å². The molecule has 54 valence electrons. The molecule has 0 saturated heterocycles. The highest BCUT2D eigenvalue weighted by molar-refractivity contribution is 5.46. The second-order valence-electron chi connectivity index (χ2n) is 2.39. The van der Waals surface area contributed by atoms with Gasteiger partial charge in [-0.15, -0.1) is 0 Å². The van der Waals surface area contributed by atoms with Crippen molar-refractivity contribution in [2.45, 2.75) is 6.92 Å². The average molecular weight is 130 g/mol. The van der Waals surface area contributed by atoms with Crippen LogP contribution in [0.1, 0.15) is 6.92 Å². The highest BCUT2D eigenvalue weighted by Crippen LogP contribution is 1.91. The van der Waals surface area contributed by atoms with E-state index in [4.69, 9.17) is 5.73 Å². The zero-order valence-electron chi connectivity index (χ0n) is 6.00. The molecular formula is C6H14N2O. The SMILES string of the molecule is CC(CN)CN(C)C=O. The molecule has 0 bridgehead atoms. The van der Waals surface area contributed by atoms with Crippen molar-refractivity contribution in [3.63, 3.8) is 0 Å². The van der Waals surface area contributed by atoms with Gasteiger partial charge in [-0.1, -0.05) is 6.92 Å². The van der Waals surface area contributed by atoms with Gasteiger partial charge in [0.25, 0.3) is 0 Å². The quantitative estimate of drug-likeness (QED) is 0.530. The zero-order chi connectivity index (χ0) is 7.28. The molecule has 3 heteroatoms. The van der Waals surface area contributed by atoms with Crippen LogP contribution in [0.2, 0.25) is 0 Å². The average Bonchev–Trinajstić information content (AvgIpc) is 1.87. The van der Waals surface area contributed by atoms with Gasteiger partial charge in [-0.05, 0) is 12.5 Å². The molecule has 3 nitrogen and oxygen atoms in total. The van der Waals surface area contributed by atoms with Gasteiger partial charge >= 0.3 is 0 Å². The van der Waals surface area contributed by atoms with Crippen molar-refractivity contribution in [3.8, 4) is 0 Å². The Morgan fingerprint density at radius 2 is 2.33 bits per heavy atom. The fourth-order valence-corrected chi connectivity index (χ4v) is 0.609. The van der Waals surface area contributed by atoms with Crippen LogP contribution in [-0.4, -0.2) is 31.4 Å². The smallest absolute Gasteiger partial charge is 0.209 e. The Balaban J connectivity index is 3.33. The molecule has 0 aromatic rings. The Morgan fingerprint density at radius 3 is 2.67 bits per heavy atom. The van der Waals surface area contributed by atoms with E-state index in [1.807, 2.05) is 6.92 Å². The summed E-state index contributed by atoms with van der Waals surface area (Å²) in [6.45, 7) is 3.40. The minimum Gasteiger partial charge on any atom is -0.348 e. The largest absolute Gasteiger partial charge is 0.348 e. The minimum absolute atomic E-state index is 0.403.